The van der Waals surface area contributed by atoms with Crippen molar-refractivity contribution in [3.05, 3.63) is 0 Å². The van der Waals surface area contributed by atoms with E-state index in [0.29, 0.717) is 13.0 Å². The third-order valence-electron chi connectivity index (χ3n) is 3.21. The van der Waals surface area contributed by atoms with Gasteiger partial charge in [0, 0.05) is 6.42 Å². The van der Waals surface area contributed by atoms with E-state index >= 15 is 0 Å². The lowest BCUT2D eigenvalue weighted by molar-refractivity contribution is -0.143. The standard InChI is InChI=1S/C16H30F2O2S/c1-3-5-10-14(16(19)20-12-6-4-2)21-13-9-7-8-11-15(17)18/h14-15H,3-13H2,1-2H3. The molecule has 0 aliphatic carbocycles. The van der Waals surface area contributed by atoms with E-state index in [2.05, 4.69) is 13.8 Å². The summed E-state index contributed by atoms with van der Waals surface area (Å²) in [7, 11) is 0. The van der Waals surface area contributed by atoms with Crippen LogP contribution < -0.4 is 0 Å². The Hall–Kier alpha value is -0.320. The van der Waals surface area contributed by atoms with Gasteiger partial charge in [0.05, 0.1) is 6.61 Å². The van der Waals surface area contributed by atoms with Crippen LogP contribution in [0.15, 0.2) is 0 Å². The van der Waals surface area contributed by atoms with Crippen molar-refractivity contribution in [1.82, 2.24) is 0 Å². The number of thioether (sulfide) groups is 1. The Bertz CT molecular complexity index is 250. The fourth-order valence-electron chi connectivity index (χ4n) is 1.87. The van der Waals surface area contributed by atoms with E-state index < -0.39 is 6.43 Å². The van der Waals surface area contributed by atoms with Crippen molar-refractivity contribution in [3.8, 4) is 0 Å². The van der Waals surface area contributed by atoms with Gasteiger partial charge < -0.3 is 4.74 Å². The predicted molar refractivity (Wildman–Crippen MR) is 86.1 cm³/mol. The first-order chi connectivity index (χ1) is 10.1. The average molecular weight is 324 g/mol. The van der Waals surface area contributed by atoms with Gasteiger partial charge in [0.15, 0.2) is 0 Å². The number of carbonyl (C=O) groups is 1. The molecule has 0 rings (SSSR count). The first-order valence-corrected chi connectivity index (χ1v) is 9.23. The molecule has 0 heterocycles. The molecule has 0 aliphatic rings. The summed E-state index contributed by atoms with van der Waals surface area (Å²) in [5, 5.41) is -0.0862. The van der Waals surface area contributed by atoms with Crippen LogP contribution in [0.4, 0.5) is 8.78 Å². The van der Waals surface area contributed by atoms with Crippen molar-refractivity contribution >= 4 is 17.7 Å². The maximum atomic E-state index is 12.0. The Morgan fingerprint density at radius 1 is 1.00 bits per heavy atom. The van der Waals surface area contributed by atoms with Crippen LogP contribution in [0.25, 0.3) is 0 Å². The lowest BCUT2D eigenvalue weighted by Crippen LogP contribution is -2.21. The quantitative estimate of drug-likeness (QED) is 0.314. The maximum Gasteiger partial charge on any atom is 0.319 e. The third kappa shape index (κ3) is 13.1. The predicted octanol–water partition coefficient (Wildman–Crippen LogP) is 5.45. The second-order valence-corrected chi connectivity index (χ2v) is 6.57. The van der Waals surface area contributed by atoms with Crippen LogP contribution >= 0.6 is 11.8 Å². The highest BCUT2D eigenvalue weighted by Gasteiger charge is 2.19. The van der Waals surface area contributed by atoms with Crippen molar-refractivity contribution in [2.45, 2.75) is 83.3 Å². The molecular formula is C16H30F2O2S. The molecule has 0 aromatic carbocycles. The minimum absolute atomic E-state index is 0.0109. The Balaban J connectivity index is 3.86. The molecule has 0 radical (unpaired) electrons. The number of unbranched alkanes of at least 4 members (excludes halogenated alkanes) is 4. The molecule has 0 aromatic heterocycles. The number of hydrogen-bond acceptors (Lipinski definition) is 3. The Kier molecular flexibility index (Phi) is 14.4. The van der Waals surface area contributed by atoms with Gasteiger partial charge in [0.2, 0.25) is 6.43 Å². The molecule has 5 heteroatoms. The van der Waals surface area contributed by atoms with Crippen molar-refractivity contribution in [3.63, 3.8) is 0 Å². The molecule has 0 saturated heterocycles. The highest BCUT2D eigenvalue weighted by molar-refractivity contribution is 8.00. The number of carbonyl (C=O) groups excluding carboxylic acids is 1. The van der Waals surface area contributed by atoms with Gasteiger partial charge in [-0.1, -0.05) is 39.5 Å². The van der Waals surface area contributed by atoms with Gasteiger partial charge in [-0.25, -0.2) is 8.78 Å². The molecule has 1 atom stereocenters. The summed E-state index contributed by atoms with van der Waals surface area (Å²) in [4.78, 5) is 12.0. The zero-order valence-electron chi connectivity index (χ0n) is 13.4. The van der Waals surface area contributed by atoms with Gasteiger partial charge in [-0.15, -0.1) is 11.8 Å². The summed E-state index contributed by atoms with van der Waals surface area (Å²) in [5.74, 6) is 0.745. The molecule has 0 aromatic rings. The number of ether oxygens (including phenoxy) is 1. The van der Waals surface area contributed by atoms with E-state index in [9.17, 15) is 13.6 Å². The van der Waals surface area contributed by atoms with Crippen molar-refractivity contribution in [2.75, 3.05) is 12.4 Å². The first kappa shape index (κ1) is 20.7. The van der Waals surface area contributed by atoms with E-state index in [0.717, 1.165) is 50.7 Å². The van der Waals surface area contributed by atoms with Gasteiger partial charge in [0.25, 0.3) is 0 Å². The summed E-state index contributed by atoms with van der Waals surface area (Å²) in [5.41, 5.74) is 0. The molecule has 0 N–H and O–H groups in total. The van der Waals surface area contributed by atoms with E-state index in [1.54, 1.807) is 11.8 Å². The van der Waals surface area contributed by atoms with E-state index in [-0.39, 0.29) is 17.6 Å². The summed E-state index contributed by atoms with van der Waals surface area (Å²) in [6.45, 7) is 4.68. The van der Waals surface area contributed by atoms with Gasteiger partial charge in [-0.2, -0.15) is 0 Å². The highest BCUT2D eigenvalue weighted by Crippen LogP contribution is 2.21. The molecule has 0 aliphatic heterocycles. The summed E-state index contributed by atoms with van der Waals surface area (Å²) >= 11 is 1.62. The molecule has 21 heavy (non-hydrogen) atoms. The van der Waals surface area contributed by atoms with Crippen LogP contribution in [0, 0.1) is 0 Å². The largest absolute Gasteiger partial charge is 0.465 e. The summed E-state index contributed by atoms with van der Waals surface area (Å²) < 4.78 is 29.3. The van der Waals surface area contributed by atoms with Crippen LogP contribution in [-0.4, -0.2) is 30.0 Å². The van der Waals surface area contributed by atoms with E-state index in [1.165, 1.54) is 0 Å². The number of alkyl halides is 2. The van der Waals surface area contributed by atoms with Crippen LogP contribution in [0.2, 0.25) is 0 Å². The summed E-state index contributed by atoms with van der Waals surface area (Å²) in [6.07, 6.45) is 4.92. The second-order valence-electron chi connectivity index (χ2n) is 5.26. The van der Waals surface area contributed by atoms with Gasteiger partial charge in [-0.05, 0) is 31.4 Å². The SMILES string of the molecule is CCCCOC(=O)C(CCCC)SCCCCCC(F)F. The molecular weight excluding hydrogens is 294 g/mol. The normalized spacial score (nSPS) is 12.6. The average Bonchev–Trinajstić information content (AvgIpc) is 2.45. The van der Waals surface area contributed by atoms with E-state index in [1.807, 2.05) is 0 Å². The highest BCUT2D eigenvalue weighted by atomic mass is 32.2. The lowest BCUT2D eigenvalue weighted by Gasteiger charge is -2.15. The minimum atomic E-state index is -2.19. The van der Waals surface area contributed by atoms with Gasteiger partial charge in [-0.3, -0.25) is 4.79 Å². The summed E-state index contributed by atoms with van der Waals surface area (Å²) in [6, 6.07) is 0. The fraction of sp³-hybridized carbons (Fsp3) is 0.938. The molecule has 0 bridgehead atoms. The zero-order chi connectivity index (χ0) is 15.9. The minimum Gasteiger partial charge on any atom is -0.465 e. The third-order valence-corrected chi connectivity index (χ3v) is 4.57. The molecule has 0 fully saturated rings. The van der Waals surface area contributed by atoms with Crippen molar-refractivity contribution in [2.24, 2.45) is 0 Å². The lowest BCUT2D eigenvalue weighted by atomic mass is 10.2. The zero-order valence-corrected chi connectivity index (χ0v) is 14.2. The monoisotopic (exact) mass is 324 g/mol. The van der Waals surface area contributed by atoms with Crippen LogP contribution in [0.3, 0.4) is 0 Å². The van der Waals surface area contributed by atoms with E-state index in [4.69, 9.17) is 4.74 Å². The van der Waals surface area contributed by atoms with Crippen molar-refractivity contribution < 1.29 is 18.3 Å². The Morgan fingerprint density at radius 3 is 2.33 bits per heavy atom. The van der Waals surface area contributed by atoms with Crippen LogP contribution in [0.1, 0.15) is 71.6 Å². The molecule has 126 valence electrons. The molecule has 2 nitrogen and oxygen atoms in total. The fourth-order valence-corrected chi connectivity index (χ4v) is 3.06. The number of halogens is 2. The van der Waals surface area contributed by atoms with Crippen LogP contribution in [-0.2, 0) is 9.53 Å². The van der Waals surface area contributed by atoms with Crippen LogP contribution in [0.5, 0.6) is 0 Å². The van der Waals surface area contributed by atoms with Gasteiger partial charge in [0.1, 0.15) is 5.25 Å². The molecule has 1 unspecified atom stereocenters. The maximum absolute atomic E-state index is 12.0. The number of hydrogen-bond donors (Lipinski definition) is 0. The number of rotatable bonds is 14. The molecule has 0 saturated carbocycles. The van der Waals surface area contributed by atoms with Crippen molar-refractivity contribution in [1.29, 1.82) is 0 Å². The molecule has 0 spiro atoms. The Morgan fingerprint density at radius 2 is 1.71 bits per heavy atom. The Labute approximate surface area is 132 Å². The molecule has 0 amide bonds. The topological polar surface area (TPSA) is 26.3 Å². The second kappa shape index (κ2) is 14.6. The number of esters is 1. The van der Waals surface area contributed by atoms with Gasteiger partial charge >= 0.3 is 5.97 Å². The first-order valence-electron chi connectivity index (χ1n) is 8.18. The smallest absolute Gasteiger partial charge is 0.319 e.